The zero-order valence-electron chi connectivity index (χ0n) is 26.3. The summed E-state index contributed by atoms with van der Waals surface area (Å²) in [4.78, 5) is 14.7. The first kappa shape index (κ1) is 31.5. The zero-order valence-corrected chi connectivity index (χ0v) is 28.6. The Morgan fingerprint density at radius 1 is 0.542 bits per heavy atom. The van der Waals surface area contributed by atoms with Crippen LogP contribution >= 0.6 is 0 Å². The summed E-state index contributed by atoms with van der Waals surface area (Å²) in [6.07, 6.45) is 6.25. The molecule has 0 atom stereocenters. The first-order valence-corrected chi connectivity index (χ1v) is 16.2. The predicted octanol–water partition coefficient (Wildman–Crippen LogP) is 8.71. The summed E-state index contributed by atoms with van der Waals surface area (Å²) < 4.78 is 0. The van der Waals surface area contributed by atoms with Crippen molar-refractivity contribution in [1.29, 1.82) is 0 Å². The predicted molar refractivity (Wildman–Crippen MR) is 188 cm³/mol. The summed E-state index contributed by atoms with van der Waals surface area (Å²) in [5.41, 5.74) is 9.82. The Morgan fingerprint density at radius 3 is 1.77 bits per heavy atom. The summed E-state index contributed by atoms with van der Waals surface area (Å²) in [5.74, 6) is 0. The van der Waals surface area contributed by atoms with Gasteiger partial charge in [0.1, 0.15) is 5.41 Å². The van der Waals surface area contributed by atoms with Crippen LogP contribution in [0.25, 0.3) is 33.2 Å². The van der Waals surface area contributed by atoms with Gasteiger partial charge < -0.3 is 15.2 Å². The van der Waals surface area contributed by atoms with E-state index in [0.717, 1.165) is 63.5 Å². The molecule has 4 aromatic carbocycles. The molecular formula is C42H33N5Pt. The van der Waals surface area contributed by atoms with Crippen LogP contribution in [0.5, 0.6) is 0 Å². The van der Waals surface area contributed by atoms with E-state index in [1.165, 1.54) is 29.2 Å². The minimum Gasteiger partial charge on any atom is -0.657 e. The number of aromatic nitrogens is 5. The summed E-state index contributed by atoms with van der Waals surface area (Å²) in [5, 5.41) is 11.6. The molecule has 0 saturated carbocycles. The van der Waals surface area contributed by atoms with E-state index in [1.54, 1.807) is 0 Å². The molecule has 0 amide bonds. The summed E-state index contributed by atoms with van der Waals surface area (Å²) in [6, 6.07) is 49.9. The van der Waals surface area contributed by atoms with Gasteiger partial charge in [0.05, 0.1) is 17.1 Å². The number of rotatable bonds is 5. The van der Waals surface area contributed by atoms with Crippen LogP contribution < -0.4 is 10.1 Å². The molecule has 0 saturated heterocycles. The molecule has 0 spiro atoms. The van der Waals surface area contributed by atoms with Crippen LogP contribution in [0.15, 0.2) is 152 Å². The Morgan fingerprint density at radius 2 is 1.12 bits per heavy atom. The SMILES string of the molecule is [Pt+2].c1ccc(C(c2ccccc2)(c2ccccn2)c2cccc(-c3[n-]nc4c3CCCC4)n2)cc1.c1ccc2c(c1)[n-]c1ccccc12. The summed E-state index contributed by atoms with van der Waals surface area (Å²) in [6.45, 7) is 0. The van der Waals surface area contributed by atoms with Gasteiger partial charge in [-0.2, -0.15) is 0 Å². The van der Waals surface area contributed by atoms with E-state index in [4.69, 9.17) is 9.97 Å². The zero-order chi connectivity index (χ0) is 31.5. The van der Waals surface area contributed by atoms with Crippen molar-refractivity contribution in [2.75, 3.05) is 0 Å². The molecule has 0 bridgehead atoms. The Hall–Kier alpha value is -5.12. The van der Waals surface area contributed by atoms with Crippen molar-refractivity contribution >= 4 is 21.8 Å². The van der Waals surface area contributed by atoms with Crippen LogP contribution in [-0.2, 0) is 39.3 Å². The molecule has 0 N–H and O–H groups in total. The van der Waals surface area contributed by atoms with Gasteiger partial charge in [-0.1, -0.05) is 127 Å². The second kappa shape index (κ2) is 13.9. The first-order chi connectivity index (χ1) is 23.3. The Bertz CT molecular complexity index is 2110. The monoisotopic (exact) mass is 802 g/mol. The van der Waals surface area contributed by atoms with Crippen molar-refractivity contribution in [3.63, 3.8) is 0 Å². The van der Waals surface area contributed by atoms with E-state index >= 15 is 0 Å². The van der Waals surface area contributed by atoms with Crippen molar-refractivity contribution in [3.8, 4) is 11.4 Å². The van der Waals surface area contributed by atoms with E-state index in [-0.39, 0.29) is 21.1 Å². The van der Waals surface area contributed by atoms with Gasteiger partial charge in [0.2, 0.25) is 0 Å². The van der Waals surface area contributed by atoms with Crippen LogP contribution in [0.1, 0.15) is 46.6 Å². The molecule has 8 aromatic rings. The number of benzene rings is 4. The van der Waals surface area contributed by atoms with Crippen molar-refractivity contribution in [3.05, 3.63) is 186 Å². The Balaban J connectivity index is 0.000000217. The molecule has 0 aliphatic heterocycles. The maximum atomic E-state index is 5.28. The molecular weight excluding hydrogens is 770 g/mol. The topological polar surface area (TPSA) is 66.9 Å². The number of para-hydroxylation sites is 2. The number of fused-ring (bicyclic) bond motifs is 4. The minimum absolute atomic E-state index is 0. The maximum Gasteiger partial charge on any atom is 2.00 e. The van der Waals surface area contributed by atoms with Gasteiger partial charge in [-0.25, -0.2) is 0 Å². The molecule has 9 rings (SSSR count). The number of nitrogens with zero attached hydrogens (tertiary/aromatic N) is 5. The van der Waals surface area contributed by atoms with E-state index in [9.17, 15) is 0 Å². The average molecular weight is 803 g/mol. The molecule has 5 nitrogen and oxygen atoms in total. The fourth-order valence-corrected chi connectivity index (χ4v) is 6.98. The third kappa shape index (κ3) is 5.69. The number of pyridine rings is 2. The molecule has 0 radical (unpaired) electrons. The second-order valence-corrected chi connectivity index (χ2v) is 11.9. The molecule has 236 valence electrons. The number of aryl methyl sites for hydroxylation is 1. The van der Waals surface area contributed by atoms with Gasteiger partial charge in [-0.05, 0) is 77.4 Å². The Kier molecular flexibility index (Phi) is 9.13. The average Bonchev–Trinajstić information content (AvgIpc) is 3.76. The van der Waals surface area contributed by atoms with Crippen molar-refractivity contribution < 1.29 is 21.1 Å². The van der Waals surface area contributed by atoms with Gasteiger partial charge in [0.15, 0.2) is 0 Å². The van der Waals surface area contributed by atoms with Crippen LogP contribution in [0.2, 0.25) is 0 Å². The Labute approximate surface area is 294 Å². The first-order valence-electron chi connectivity index (χ1n) is 16.2. The molecule has 1 aliphatic carbocycles. The van der Waals surface area contributed by atoms with Crippen molar-refractivity contribution in [1.82, 2.24) is 25.1 Å². The van der Waals surface area contributed by atoms with E-state index in [0.29, 0.717) is 0 Å². The largest absolute Gasteiger partial charge is 2.00 e. The molecule has 0 fully saturated rings. The van der Waals surface area contributed by atoms with Crippen molar-refractivity contribution in [2.24, 2.45) is 0 Å². The van der Waals surface area contributed by atoms with E-state index in [1.807, 2.05) is 42.6 Å². The van der Waals surface area contributed by atoms with Crippen molar-refractivity contribution in [2.45, 2.75) is 31.1 Å². The fraction of sp³-hybridized carbons (Fsp3) is 0.119. The quantitative estimate of drug-likeness (QED) is 0.174. The molecule has 4 heterocycles. The molecule has 48 heavy (non-hydrogen) atoms. The van der Waals surface area contributed by atoms with Crippen LogP contribution in [0.3, 0.4) is 0 Å². The number of hydrogen-bond acceptors (Lipinski definition) is 3. The van der Waals surface area contributed by atoms with Gasteiger partial charge in [-0.15, -0.1) is 11.0 Å². The molecule has 0 unspecified atom stereocenters. The molecule has 1 aliphatic rings. The van der Waals surface area contributed by atoms with Crippen LogP contribution in [0.4, 0.5) is 0 Å². The molecule has 4 aromatic heterocycles. The van der Waals surface area contributed by atoms with Crippen LogP contribution in [0, 0.1) is 0 Å². The van der Waals surface area contributed by atoms with Gasteiger partial charge >= 0.3 is 21.1 Å². The minimum atomic E-state index is -0.667. The third-order valence-electron chi connectivity index (χ3n) is 9.17. The molecule has 6 heteroatoms. The number of hydrogen-bond donors (Lipinski definition) is 0. The smallest absolute Gasteiger partial charge is 0.657 e. The van der Waals surface area contributed by atoms with Gasteiger partial charge in [0.25, 0.3) is 0 Å². The second-order valence-electron chi connectivity index (χ2n) is 11.9. The van der Waals surface area contributed by atoms with E-state index in [2.05, 4.69) is 124 Å². The third-order valence-corrected chi connectivity index (χ3v) is 9.17. The summed E-state index contributed by atoms with van der Waals surface area (Å²) >= 11 is 0. The van der Waals surface area contributed by atoms with Gasteiger partial charge in [0, 0.05) is 11.9 Å². The maximum absolute atomic E-state index is 5.28. The fourth-order valence-electron chi connectivity index (χ4n) is 6.98. The van der Waals surface area contributed by atoms with Crippen LogP contribution in [-0.4, -0.2) is 15.1 Å². The summed E-state index contributed by atoms with van der Waals surface area (Å²) in [7, 11) is 0. The normalized spacial score (nSPS) is 12.5. The van der Waals surface area contributed by atoms with Gasteiger partial charge in [-0.3, -0.25) is 9.97 Å². The standard InChI is InChI=1S/C30H25N4.C12H8N.Pt/c1-3-12-22(13-4-1)30(23-14-5-2-6-15-23,27-19-9-10-21-31-27)28-20-11-18-26(32-28)29-24-16-7-8-17-25(24)33-34-29;1-3-7-11-9(5-1)10-6-2-4-8-12(10)13-11;/h1-6,9-15,18-21H,7-8,16-17H2;1-8H;/q2*-1;+2. The van der Waals surface area contributed by atoms with E-state index < -0.39 is 5.41 Å².